The van der Waals surface area contributed by atoms with Crippen LogP contribution in [-0.2, 0) is 15.0 Å². The summed E-state index contributed by atoms with van der Waals surface area (Å²) in [5.41, 5.74) is 1.86. The number of nitrogens with zero attached hydrogens (tertiary/aromatic N) is 2. The van der Waals surface area contributed by atoms with Gasteiger partial charge in [0.25, 0.3) is 0 Å². The van der Waals surface area contributed by atoms with Crippen LogP contribution in [0, 0.1) is 0 Å². The molecule has 0 saturated carbocycles. The van der Waals surface area contributed by atoms with Gasteiger partial charge in [0.1, 0.15) is 0 Å². The summed E-state index contributed by atoms with van der Waals surface area (Å²) in [6, 6.07) is 5.70. The van der Waals surface area contributed by atoms with E-state index in [0.29, 0.717) is 24.5 Å². The highest BCUT2D eigenvalue weighted by Crippen LogP contribution is 2.44. The van der Waals surface area contributed by atoms with Crippen LogP contribution >= 0.6 is 11.6 Å². The minimum Gasteiger partial charge on any atom is -0.346 e. The number of benzene rings is 1. The van der Waals surface area contributed by atoms with E-state index in [2.05, 4.69) is 6.92 Å². The molecule has 0 bridgehead atoms. The van der Waals surface area contributed by atoms with E-state index < -0.39 is 0 Å². The molecule has 1 heterocycles. The lowest BCUT2D eigenvalue weighted by Gasteiger charge is -2.28. The molecule has 0 aromatic heterocycles. The second-order valence-electron chi connectivity index (χ2n) is 6.25. The Bertz CT molecular complexity index is 602. The van der Waals surface area contributed by atoms with Gasteiger partial charge in [-0.3, -0.25) is 9.59 Å². The second kappa shape index (κ2) is 6.29. The molecule has 2 amide bonds. The summed E-state index contributed by atoms with van der Waals surface area (Å²) in [5.74, 6) is 0.168. The normalized spacial score (nSPS) is 20.0. The zero-order valence-corrected chi connectivity index (χ0v) is 14.4. The number of halogens is 1. The molecule has 0 saturated heterocycles. The van der Waals surface area contributed by atoms with E-state index in [1.54, 1.807) is 18.9 Å². The van der Waals surface area contributed by atoms with Crippen molar-refractivity contribution in [3.05, 3.63) is 28.8 Å². The Labute approximate surface area is 137 Å². The molecular formula is C17H23ClN2O2. The van der Waals surface area contributed by atoms with E-state index in [-0.39, 0.29) is 17.2 Å². The van der Waals surface area contributed by atoms with Crippen LogP contribution in [0.5, 0.6) is 0 Å². The Morgan fingerprint density at radius 1 is 1.41 bits per heavy atom. The van der Waals surface area contributed by atoms with Gasteiger partial charge in [0.2, 0.25) is 11.8 Å². The van der Waals surface area contributed by atoms with Gasteiger partial charge < -0.3 is 9.80 Å². The van der Waals surface area contributed by atoms with Crippen LogP contribution in [0.15, 0.2) is 18.2 Å². The Hall–Kier alpha value is -1.55. The SMILES string of the molecule is CCC(=O)N1CC(C)(CCN(C)C(C)=O)c2cc(Cl)ccc21. The lowest BCUT2D eigenvalue weighted by molar-refractivity contribution is -0.127. The van der Waals surface area contributed by atoms with Crippen molar-refractivity contribution < 1.29 is 9.59 Å². The third-order valence-corrected chi connectivity index (χ3v) is 4.78. The highest BCUT2D eigenvalue weighted by molar-refractivity contribution is 6.30. The maximum atomic E-state index is 12.2. The topological polar surface area (TPSA) is 40.6 Å². The fourth-order valence-corrected chi connectivity index (χ4v) is 3.12. The number of rotatable bonds is 4. The van der Waals surface area contributed by atoms with Crippen LogP contribution in [0.3, 0.4) is 0 Å². The molecule has 4 nitrogen and oxygen atoms in total. The standard InChI is InChI=1S/C17H23ClN2O2/c1-5-16(22)20-11-17(3,8-9-19(4)12(2)21)14-10-13(18)6-7-15(14)20/h6-7,10H,5,8-9,11H2,1-4H3. The van der Waals surface area contributed by atoms with Gasteiger partial charge in [-0.1, -0.05) is 25.4 Å². The van der Waals surface area contributed by atoms with Crippen LogP contribution in [0.1, 0.15) is 39.2 Å². The average molecular weight is 323 g/mol. The fraction of sp³-hybridized carbons (Fsp3) is 0.529. The molecule has 1 aromatic carbocycles. The van der Waals surface area contributed by atoms with Gasteiger partial charge in [-0.2, -0.15) is 0 Å². The largest absolute Gasteiger partial charge is 0.346 e. The van der Waals surface area contributed by atoms with Gasteiger partial charge in [0.15, 0.2) is 0 Å². The van der Waals surface area contributed by atoms with Crippen molar-refractivity contribution >= 4 is 29.1 Å². The first kappa shape index (κ1) is 16.8. The van der Waals surface area contributed by atoms with Gasteiger partial charge in [0.05, 0.1) is 0 Å². The van der Waals surface area contributed by atoms with Crippen molar-refractivity contribution in [2.75, 3.05) is 25.0 Å². The van der Waals surface area contributed by atoms with Gasteiger partial charge in [-0.05, 0) is 30.2 Å². The fourth-order valence-electron chi connectivity index (χ4n) is 2.95. The summed E-state index contributed by atoms with van der Waals surface area (Å²) in [5, 5.41) is 0.677. The minimum atomic E-state index is -0.186. The second-order valence-corrected chi connectivity index (χ2v) is 6.68. The highest BCUT2D eigenvalue weighted by atomic mass is 35.5. The molecule has 5 heteroatoms. The van der Waals surface area contributed by atoms with E-state index in [0.717, 1.165) is 17.7 Å². The third kappa shape index (κ3) is 3.12. The van der Waals surface area contributed by atoms with E-state index in [1.165, 1.54) is 0 Å². The predicted molar refractivity (Wildman–Crippen MR) is 89.4 cm³/mol. The van der Waals surface area contributed by atoms with E-state index in [9.17, 15) is 9.59 Å². The number of carbonyl (C=O) groups excluding carboxylic acids is 2. The number of hydrogen-bond donors (Lipinski definition) is 0. The van der Waals surface area contributed by atoms with Gasteiger partial charge in [-0.15, -0.1) is 0 Å². The summed E-state index contributed by atoms with van der Waals surface area (Å²) in [4.78, 5) is 27.2. The molecule has 22 heavy (non-hydrogen) atoms. The summed E-state index contributed by atoms with van der Waals surface area (Å²) >= 11 is 6.16. The van der Waals surface area contributed by atoms with Gasteiger partial charge in [-0.25, -0.2) is 0 Å². The summed E-state index contributed by atoms with van der Waals surface area (Å²) in [6.07, 6.45) is 1.27. The average Bonchev–Trinajstić information content (AvgIpc) is 2.77. The smallest absolute Gasteiger partial charge is 0.226 e. The van der Waals surface area contributed by atoms with Gasteiger partial charge in [0, 0.05) is 49.6 Å². The molecule has 0 radical (unpaired) electrons. The van der Waals surface area contributed by atoms with Crippen molar-refractivity contribution in [1.82, 2.24) is 4.90 Å². The minimum absolute atomic E-state index is 0.0504. The third-order valence-electron chi connectivity index (χ3n) is 4.55. The van der Waals surface area contributed by atoms with Crippen molar-refractivity contribution in [3.8, 4) is 0 Å². The van der Waals surface area contributed by atoms with Crippen LogP contribution in [-0.4, -0.2) is 36.9 Å². The Balaban J connectivity index is 2.31. The molecule has 0 fully saturated rings. The first-order valence-electron chi connectivity index (χ1n) is 7.60. The van der Waals surface area contributed by atoms with Crippen LogP contribution in [0.25, 0.3) is 0 Å². The molecular weight excluding hydrogens is 300 g/mol. The molecule has 0 N–H and O–H groups in total. The predicted octanol–water partition coefficient (Wildman–Crippen LogP) is 3.22. The number of anilines is 1. The van der Waals surface area contributed by atoms with Crippen LogP contribution in [0.4, 0.5) is 5.69 Å². The Morgan fingerprint density at radius 3 is 2.68 bits per heavy atom. The maximum Gasteiger partial charge on any atom is 0.226 e. The molecule has 0 spiro atoms. The lowest BCUT2D eigenvalue weighted by atomic mass is 9.81. The summed E-state index contributed by atoms with van der Waals surface area (Å²) < 4.78 is 0. The number of fused-ring (bicyclic) bond motifs is 1. The number of hydrogen-bond acceptors (Lipinski definition) is 2. The molecule has 1 unspecified atom stereocenters. The molecule has 0 aliphatic carbocycles. The van der Waals surface area contributed by atoms with E-state index in [1.807, 2.05) is 30.0 Å². The van der Waals surface area contributed by atoms with Crippen molar-refractivity contribution in [2.24, 2.45) is 0 Å². The highest BCUT2D eigenvalue weighted by Gasteiger charge is 2.40. The molecule has 1 atom stereocenters. The number of amides is 2. The zero-order valence-electron chi connectivity index (χ0n) is 13.6. The first-order chi connectivity index (χ1) is 10.3. The van der Waals surface area contributed by atoms with Crippen LogP contribution in [0.2, 0.25) is 5.02 Å². The lowest BCUT2D eigenvalue weighted by Crippen LogP contribution is -2.37. The van der Waals surface area contributed by atoms with Crippen molar-refractivity contribution in [1.29, 1.82) is 0 Å². The summed E-state index contributed by atoms with van der Waals surface area (Å²) in [6.45, 7) is 6.87. The maximum absolute atomic E-state index is 12.2. The quantitative estimate of drug-likeness (QED) is 0.854. The number of carbonyl (C=O) groups is 2. The van der Waals surface area contributed by atoms with E-state index in [4.69, 9.17) is 11.6 Å². The monoisotopic (exact) mass is 322 g/mol. The molecule has 1 aliphatic heterocycles. The Kier molecular flexibility index (Phi) is 4.81. The zero-order chi connectivity index (χ0) is 16.5. The summed E-state index contributed by atoms with van der Waals surface area (Å²) in [7, 11) is 1.80. The molecule has 1 aromatic rings. The van der Waals surface area contributed by atoms with Gasteiger partial charge >= 0.3 is 0 Å². The van der Waals surface area contributed by atoms with Crippen molar-refractivity contribution in [2.45, 2.75) is 39.0 Å². The van der Waals surface area contributed by atoms with E-state index >= 15 is 0 Å². The van der Waals surface area contributed by atoms with Crippen molar-refractivity contribution in [3.63, 3.8) is 0 Å². The molecule has 2 rings (SSSR count). The Morgan fingerprint density at radius 2 is 2.09 bits per heavy atom. The van der Waals surface area contributed by atoms with Crippen LogP contribution < -0.4 is 4.90 Å². The molecule has 120 valence electrons. The first-order valence-corrected chi connectivity index (χ1v) is 7.98. The molecule has 1 aliphatic rings.